The van der Waals surface area contributed by atoms with Crippen LogP contribution in [0.2, 0.25) is 0 Å². The van der Waals surface area contributed by atoms with Gasteiger partial charge >= 0.3 is 12.1 Å². The standard InChI is InChI=1S/C16H16F4N2O5/c17-10-1-3-11(4-2-10)27-12(15(25)26)6-21-14(24)9-5-13(23)22(7-9)8-16(18,19)20/h1-4,9,12H,5-8H2,(H,21,24)(H,25,26). The minimum absolute atomic E-state index is 0.0606. The summed E-state index contributed by atoms with van der Waals surface area (Å²) in [6.45, 7) is -2.32. The normalized spacial score (nSPS) is 18.3. The van der Waals surface area contributed by atoms with Crippen LogP contribution in [0.4, 0.5) is 17.6 Å². The number of benzene rings is 1. The van der Waals surface area contributed by atoms with E-state index in [2.05, 4.69) is 5.32 Å². The molecule has 2 rings (SSSR count). The van der Waals surface area contributed by atoms with E-state index in [0.29, 0.717) is 4.90 Å². The quantitative estimate of drug-likeness (QED) is 0.680. The predicted octanol–water partition coefficient (Wildman–Crippen LogP) is 1.18. The van der Waals surface area contributed by atoms with Gasteiger partial charge in [-0.25, -0.2) is 9.18 Å². The van der Waals surface area contributed by atoms with Gasteiger partial charge in [-0.15, -0.1) is 0 Å². The molecule has 11 heteroatoms. The van der Waals surface area contributed by atoms with Gasteiger partial charge in [0.25, 0.3) is 0 Å². The number of rotatable bonds is 7. The van der Waals surface area contributed by atoms with E-state index in [-0.39, 0.29) is 5.75 Å². The lowest BCUT2D eigenvalue weighted by Gasteiger charge is -2.19. The van der Waals surface area contributed by atoms with Crippen molar-refractivity contribution in [2.24, 2.45) is 5.92 Å². The number of alkyl halides is 3. The number of nitrogens with zero attached hydrogens (tertiary/aromatic N) is 1. The number of halogens is 4. The van der Waals surface area contributed by atoms with Crippen molar-refractivity contribution in [3.63, 3.8) is 0 Å². The molecule has 1 aromatic carbocycles. The molecule has 7 nitrogen and oxygen atoms in total. The highest BCUT2D eigenvalue weighted by atomic mass is 19.4. The summed E-state index contributed by atoms with van der Waals surface area (Å²) >= 11 is 0. The van der Waals surface area contributed by atoms with Crippen LogP contribution in [0.15, 0.2) is 24.3 Å². The first-order valence-corrected chi connectivity index (χ1v) is 7.82. The van der Waals surface area contributed by atoms with Gasteiger partial charge in [0.2, 0.25) is 17.9 Å². The largest absolute Gasteiger partial charge is 0.478 e. The number of aliphatic carboxylic acids is 1. The van der Waals surface area contributed by atoms with Crippen molar-refractivity contribution < 1.29 is 41.8 Å². The van der Waals surface area contributed by atoms with Crippen molar-refractivity contribution in [1.82, 2.24) is 10.2 Å². The van der Waals surface area contributed by atoms with Crippen LogP contribution in [0.3, 0.4) is 0 Å². The molecule has 0 spiro atoms. The van der Waals surface area contributed by atoms with Gasteiger partial charge in [0, 0.05) is 13.0 Å². The minimum Gasteiger partial charge on any atom is -0.478 e. The summed E-state index contributed by atoms with van der Waals surface area (Å²) in [5.41, 5.74) is 0. The number of carbonyl (C=O) groups excluding carboxylic acids is 2. The summed E-state index contributed by atoms with van der Waals surface area (Å²) in [6.07, 6.45) is -6.46. The second kappa shape index (κ2) is 8.23. The van der Waals surface area contributed by atoms with Crippen molar-refractivity contribution >= 4 is 17.8 Å². The third-order valence-corrected chi connectivity index (χ3v) is 3.78. The smallest absolute Gasteiger partial charge is 0.406 e. The van der Waals surface area contributed by atoms with E-state index in [4.69, 9.17) is 9.84 Å². The molecule has 27 heavy (non-hydrogen) atoms. The lowest BCUT2D eigenvalue weighted by atomic mass is 10.1. The average molecular weight is 392 g/mol. The third-order valence-electron chi connectivity index (χ3n) is 3.78. The summed E-state index contributed by atoms with van der Waals surface area (Å²) in [6, 6.07) is 4.54. The van der Waals surface area contributed by atoms with Gasteiger partial charge < -0.3 is 20.1 Å². The molecular formula is C16H16F4N2O5. The molecule has 2 N–H and O–H groups in total. The molecule has 1 heterocycles. The number of carbonyl (C=O) groups is 3. The Bertz CT molecular complexity index is 708. The number of carboxylic acids is 1. The number of amides is 2. The molecule has 148 valence electrons. The van der Waals surface area contributed by atoms with Crippen LogP contribution >= 0.6 is 0 Å². The average Bonchev–Trinajstić information content (AvgIpc) is 2.91. The first-order chi connectivity index (χ1) is 12.5. The summed E-state index contributed by atoms with van der Waals surface area (Å²) in [4.78, 5) is 35.4. The molecule has 2 atom stereocenters. The van der Waals surface area contributed by atoms with Gasteiger partial charge in [0.1, 0.15) is 18.1 Å². The first kappa shape index (κ1) is 20.5. The first-order valence-electron chi connectivity index (χ1n) is 7.82. The van der Waals surface area contributed by atoms with E-state index in [9.17, 15) is 31.9 Å². The maximum atomic E-state index is 12.8. The van der Waals surface area contributed by atoms with Crippen LogP contribution < -0.4 is 10.1 Å². The van der Waals surface area contributed by atoms with E-state index in [1.54, 1.807) is 0 Å². The second-order valence-corrected chi connectivity index (χ2v) is 5.93. The van der Waals surface area contributed by atoms with Crippen LogP contribution in [0.5, 0.6) is 5.75 Å². The number of hydrogen-bond acceptors (Lipinski definition) is 4. The van der Waals surface area contributed by atoms with Crippen LogP contribution in [-0.4, -0.2) is 59.7 Å². The zero-order valence-corrected chi connectivity index (χ0v) is 13.8. The highest BCUT2D eigenvalue weighted by molar-refractivity contribution is 5.89. The van der Waals surface area contributed by atoms with Gasteiger partial charge in [-0.3, -0.25) is 9.59 Å². The fourth-order valence-corrected chi connectivity index (χ4v) is 2.51. The van der Waals surface area contributed by atoms with Gasteiger partial charge in [0.15, 0.2) is 0 Å². The van der Waals surface area contributed by atoms with E-state index < -0.39 is 67.9 Å². The molecule has 1 aliphatic heterocycles. The van der Waals surface area contributed by atoms with Crippen molar-refractivity contribution in [3.8, 4) is 5.75 Å². The minimum atomic E-state index is -4.57. The zero-order valence-electron chi connectivity index (χ0n) is 13.8. The van der Waals surface area contributed by atoms with Crippen molar-refractivity contribution in [3.05, 3.63) is 30.1 Å². The molecule has 1 fully saturated rings. The summed E-state index contributed by atoms with van der Waals surface area (Å²) in [5, 5.41) is 11.4. The predicted molar refractivity (Wildman–Crippen MR) is 82.2 cm³/mol. The van der Waals surface area contributed by atoms with Crippen LogP contribution in [0.25, 0.3) is 0 Å². The third kappa shape index (κ3) is 6.12. The number of carboxylic acid groups (broad SMARTS) is 1. The highest BCUT2D eigenvalue weighted by Gasteiger charge is 2.40. The molecule has 2 unspecified atom stereocenters. The molecule has 0 radical (unpaired) electrons. The van der Waals surface area contributed by atoms with E-state index in [1.807, 2.05) is 0 Å². The molecule has 1 aliphatic rings. The maximum Gasteiger partial charge on any atom is 0.406 e. The molecular weight excluding hydrogens is 376 g/mol. The molecule has 0 saturated carbocycles. The Morgan fingerprint density at radius 3 is 2.48 bits per heavy atom. The molecule has 1 aromatic rings. The number of likely N-dealkylation sites (tertiary alicyclic amines) is 1. The topological polar surface area (TPSA) is 95.9 Å². The Morgan fingerprint density at radius 2 is 1.93 bits per heavy atom. The fraction of sp³-hybridized carbons (Fsp3) is 0.438. The highest BCUT2D eigenvalue weighted by Crippen LogP contribution is 2.24. The summed E-state index contributed by atoms with van der Waals surface area (Å²) < 4.78 is 55.1. The van der Waals surface area contributed by atoms with Crippen LogP contribution in [0, 0.1) is 11.7 Å². The van der Waals surface area contributed by atoms with E-state index in [1.165, 1.54) is 12.1 Å². The Labute approximate surface area is 150 Å². The molecule has 0 aliphatic carbocycles. The molecule has 2 amide bonds. The van der Waals surface area contributed by atoms with E-state index >= 15 is 0 Å². The van der Waals surface area contributed by atoms with E-state index in [0.717, 1.165) is 12.1 Å². The molecule has 0 aromatic heterocycles. The Balaban J connectivity index is 1.89. The van der Waals surface area contributed by atoms with Gasteiger partial charge in [0.05, 0.1) is 12.5 Å². The van der Waals surface area contributed by atoms with Gasteiger partial charge in [-0.1, -0.05) is 0 Å². The fourth-order valence-electron chi connectivity index (χ4n) is 2.51. The van der Waals surface area contributed by atoms with Crippen LogP contribution in [-0.2, 0) is 14.4 Å². The summed E-state index contributed by atoms with van der Waals surface area (Å²) in [7, 11) is 0. The maximum absolute atomic E-state index is 12.8. The zero-order chi connectivity index (χ0) is 20.2. The summed E-state index contributed by atoms with van der Waals surface area (Å²) in [5.74, 6) is -4.45. The second-order valence-electron chi connectivity index (χ2n) is 5.93. The Hall–Kier alpha value is -2.85. The molecule has 0 bridgehead atoms. The number of hydrogen-bond donors (Lipinski definition) is 2. The lowest BCUT2D eigenvalue weighted by molar-refractivity contribution is -0.157. The van der Waals surface area contributed by atoms with Crippen molar-refractivity contribution in [1.29, 1.82) is 0 Å². The SMILES string of the molecule is O=C(NCC(Oc1ccc(F)cc1)C(=O)O)C1CC(=O)N(CC(F)(F)F)C1. The number of ether oxygens (including phenoxy) is 1. The monoisotopic (exact) mass is 392 g/mol. The van der Waals surface area contributed by atoms with Crippen LogP contribution in [0.1, 0.15) is 6.42 Å². The van der Waals surface area contributed by atoms with Gasteiger partial charge in [-0.2, -0.15) is 13.2 Å². The Kier molecular flexibility index (Phi) is 6.24. The lowest BCUT2D eigenvalue weighted by Crippen LogP contribution is -2.43. The van der Waals surface area contributed by atoms with Crippen molar-refractivity contribution in [2.75, 3.05) is 19.6 Å². The Morgan fingerprint density at radius 1 is 1.30 bits per heavy atom. The van der Waals surface area contributed by atoms with Gasteiger partial charge in [-0.05, 0) is 24.3 Å². The van der Waals surface area contributed by atoms with Crippen molar-refractivity contribution in [2.45, 2.75) is 18.7 Å². The molecule has 1 saturated heterocycles. The number of nitrogens with one attached hydrogen (secondary N) is 1.